The van der Waals surface area contributed by atoms with Crippen LogP contribution in [0.2, 0.25) is 0 Å². The van der Waals surface area contributed by atoms with Crippen molar-refractivity contribution in [1.82, 2.24) is 5.32 Å². The summed E-state index contributed by atoms with van der Waals surface area (Å²) < 4.78 is 24.1. The SMILES string of the molecule is COc1ccc(F)cc1C(=O)C1CC2COCC(C1)N2. The molecule has 2 unspecified atom stereocenters. The highest BCUT2D eigenvalue weighted by molar-refractivity contribution is 6.00. The molecule has 0 aliphatic carbocycles. The normalized spacial score (nSPS) is 29.0. The monoisotopic (exact) mass is 279 g/mol. The number of ketones is 1. The fourth-order valence-corrected chi connectivity index (χ4v) is 3.14. The summed E-state index contributed by atoms with van der Waals surface area (Å²) in [5.41, 5.74) is 0.346. The molecule has 0 spiro atoms. The maximum Gasteiger partial charge on any atom is 0.169 e. The number of nitrogens with one attached hydrogen (secondary N) is 1. The quantitative estimate of drug-likeness (QED) is 0.857. The average Bonchev–Trinajstić information content (AvgIpc) is 2.46. The molecule has 2 heterocycles. The molecule has 20 heavy (non-hydrogen) atoms. The molecule has 3 rings (SSSR count). The first-order chi connectivity index (χ1) is 9.67. The lowest BCUT2D eigenvalue weighted by Crippen LogP contribution is -2.55. The van der Waals surface area contributed by atoms with Gasteiger partial charge in [0, 0.05) is 18.0 Å². The lowest BCUT2D eigenvalue weighted by Gasteiger charge is -2.39. The number of Topliss-reactive ketones (excluding diaryl/α,β-unsaturated/α-hetero) is 1. The summed E-state index contributed by atoms with van der Waals surface area (Å²) in [6.45, 7) is 1.28. The minimum Gasteiger partial charge on any atom is -0.496 e. The van der Waals surface area contributed by atoms with Crippen molar-refractivity contribution in [2.75, 3.05) is 20.3 Å². The van der Waals surface area contributed by atoms with Gasteiger partial charge in [0.15, 0.2) is 5.78 Å². The molecule has 2 aliphatic heterocycles. The number of carbonyl (C=O) groups is 1. The van der Waals surface area contributed by atoms with E-state index >= 15 is 0 Å². The number of fused-ring (bicyclic) bond motifs is 2. The predicted molar refractivity (Wildman–Crippen MR) is 71.5 cm³/mol. The number of hydrogen-bond donors (Lipinski definition) is 1. The van der Waals surface area contributed by atoms with Crippen LogP contribution in [0.5, 0.6) is 5.75 Å². The number of benzene rings is 1. The molecule has 2 fully saturated rings. The van der Waals surface area contributed by atoms with Gasteiger partial charge < -0.3 is 14.8 Å². The van der Waals surface area contributed by atoms with Gasteiger partial charge in [-0.1, -0.05) is 0 Å². The fraction of sp³-hybridized carbons (Fsp3) is 0.533. The van der Waals surface area contributed by atoms with Crippen LogP contribution in [-0.4, -0.2) is 38.2 Å². The molecular weight excluding hydrogens is 261 g/mol. The summed E-state index contributed by atoms with van der Waals surface area (Å²) in [7, 11) is 1.50. The molecule has 5 heteroatoms. The first-order valence-electron chi connectivity index (χ1n) is 6.89. The van der Waals surface area contributed by atoms with E-state index in [1.165, 1.54) is 25.3 Å². The van der Waals surface area contributed by atoms with Crippen molar-refractivity contribution in [1.29, 1.82) is 0 Å². The lowest BCUT2D eigenvalue weighted by atomic mass is 9.82. The van der Waals surface area contributed by atoms with Gasteiger partial charge in [-0.05, 0) is 31.0 Å². The number of rotatable bonds is 3. The number of piperidine rings is 1. The molecule has 0 aromatic heterocycles. The van der Waals surface area contributed by atoms with Gasteiger partial charge in [-0.3, -0.25) is 4.79 Å². The third-order valence-corrected chi connectivity index (χ3v) is 4.05. The van der Waals surface area contributed by atoms with E-state index in [1.54, 1.807) is 0 Å². The summed E-state index contributed by atoms with van der Waals surface area (Å²) in [6.07, 6.45) is 1.46. The number of ether oxygens (including phenoxy) is 2. The van der Waals surface area contributed by atoms with Crippen molar-refractivity contribution < 1.29 is 18.7 Å². The Morgan fingerprint density at radius 3 is 2.70 bits per heavy atom. The minimum absolute atomic E-state index is 0.0280. The molecule has 0 radical (unpaired) electrons. The third kappa shape index (κ3) is 2.55. The van der Waals surface area contributed by atoms with E-state index in [2.05, 4.69) is 5.32 Å². The summed E-state index contributed by atoms with van der Waals surface area (Å²) in [6, 6.07) is 4.52. The number of carbonyl (C=O) groups excluding carboxylic acids is 1. The Morgan fingerprint density at radius 1 is 1.35 bits per heavy atom. The van der Waals surface area contributed by atoms with Crippen LogP contribution in [-0.2, 0) is 4.74 Å². The second kappa shape index (κ2) is 5.50. The maximum atomic E-state index is 13.4. The fourth-order valence-electron chi connectivity index (χ4n) is 3.14. The minimum atomic E-state index is -0.411. The van der Waals surface area contributed by atoms with E-state index in [4.69, 9.17) is 9.47 Å². The molecule has 2 saturated heterocycles. The van der Waals surface area contributed by atoms with Gasteiger partial charge in [0.05, 0.1) is 25.9 Å². The second-order valence-corrected chi connectivity index (χ2v) is 5.48. The number of methoxy groups -OCH3 is 1. The van der Waals surface area contributed by atoms with E-state index in [9.17, 15) is 9.18 Å². The van der Waals surface area contributed by atoms with Crippen LogP contribution in [0.1, 0.15) is 23.2 Å². The Bertz CT molecular complexity index is 508. The van der Waals surface area contributed by atoms with Gasteiger partial charge in [0.1, 0.15) is 11.6 Å². The summed E-state index contributed by atoms with van der Waals surface area (Å²) in [5.74, 6) is -0.0893. The smallest absolute Gasteiger partial charge is 0.169 e. The van der Waals surface area contributed by atoms with Crippen LogP contribution < -0.4 is 10.1 Å². The molecule has 0 saturated carbocycles. The van der Waals surface area contributed by atoms with Crippen molar-refractivity contribution in [3.05, 3.63) is 29.6 Å². The van der Waals surface area contributed by atoms with Crippen molar-refractivity contribution in [3.8, 4) is 5.75 Å². The first kappa shape index (κ1) is 13.5. The molecule has 1 aromatic rings. The summed E-state index contributed by atoms with van der Waals surface area (Å²) >= 11 is 0. The zero-order valence-electron chi connectivity index (χ0n) is 11.4. The van der Waals surface area contributed by atoms with E-state index in [1.807, 2.05) is 0 Å². The van der Waals surface area contributed by atoms with Gasteiger partial charge in [0.25, 0.3) is 0 Å². The molecule has 1 N–H and O–H groups in total. The molecule has 4 nitrogen and oxygen atoms in total. The van der Waals surface area contributed by atoms with Gasteiger partial charge in [-0.25, -0.2) is 4.39 Å². The number of halogens is 1. The van der Waals surface area contributed by atoms with E-state index in [0.29, 0.717) is 24.5 Å². The second-order valence-electron chi connectivity index (χ2n) is 5.48. The Kier molecular flexibility index (Phi) is 3.72. The highest BCUT2D eigenvalue weighted by Crippen LogP contribution is 2.30. The van der Waals surface area contributed by atoms with Gasteiger partial charge in [0.2, 0.25) is 0 Å². The Balaban J connectivity index is 1.83. The van der Waals surface area contributed by atoms with Crippen LogP contribution in [0.25, 0.3) is 0 Å². The lowest BCUT2D eigenvalue weighted by molar-refractivity contribution is 0.00947. The standard InChI is InChI=1S/C15H18FNO3/c1-19-14-3-2-10(16)6-13(14)15(18)9-4-11-7-20-8-12(5-9)17-11/h2-3,6,9,11-12,17H,4-5,7-8H2,1H3. The third-order valence-electron chi connectivity index (χ3n) is 4.05. The van der Waals surface area contributed by atoms with Gasteiger partial charge >= 0.3 is 0 Å². The molecular formula is C15H18FNO3. The van der Waals surface area contributed by atoms with Crippen molar-refractivity contribution in [2.45, 2.75) is 24.9 Å². The summed E-state index contributed by atoms with van der Waals surface area (Å²) in [4.78, 5) is 12.6. The predicted octanol–water partition coefficient (Wildman–Crippen LogP) is 1.78. The first-order valence-corrected chi connectivity index (χ1v) is 6.89. The highest BCUT2D eigenvalue weighted by atomic mass is 19.1. The van der Waals surface area contributed by atoms with Gasteiger partial charge in [-0.15, -0.1) is 0 Å². The highest BCUT2D eigenvalue weighted by Gasteiger charge is 2.36. The zero-order valence-corrected chi connectivity index (χ0v) is 11.4. The van der Waals surface area contributed by atoms with Crippen LogP contribution in [0, 0.1) is 11.7 Å². The van der Waals surface area contributed by atoms with E-state index in [0.717, 1.165) is 12.8 Å². The Labute approximate surface area is 117 Å². The van der Waals surface area contributed by atoms with Crippen LogP contribution >= 0.6 is 0 Å². The van der Waals surface area contributed by atoms with Crippen LogP contribution in [0.15, 0.2) is 18.2 Å². The van der Waals surface area contributed by atoms with Gasteiger partial charge in [-0.2, -0.15) is 0 Å². The Hall–Kier alpha value is -1.46. The number of hydrogen-bond acceptors (Lipinski definition) is 4. The van der Waals surface area contributed by atoms with E-state index in [-0.39, 0.29) is 23.8 Å². The van der Waals surface area contributed by atoms with Crippen LogP contribution in [0.3, 0.4) is 0 Å². The van der Waals surface area contributed by atoms with Crippen LogP contribution in [0.4, 0.5) is 4.39 Å². The van der Waals surface area contributed by atoms with Crippen molar-refractivity contribution in [2.24, 2.45) is 5.92 Å². The molecule has 1 aromatic carbocycles. The molecule has 0 amide bonds. The largest absolute Gasteiger partial charge is 0.496 e. The zero-order chi connectivity index (χ0) is 14.1. The molecule has 2 bridgehead atoms. The summed E-state index contributed by atoms with van der Waals surface area (Å²) in [5, 5.41) is 3.45. The van der Waals surface area contributed by atoms with Crippen molar-refractivity contribution >= 4 is 5.78 Å². The molecule has 2 atom stereocenters. The average molecular weight is 279 g/mol. The molecule has 2 aliphatic rings. The van der Waals surface area contributed by atoms with E-state index < -0.39 is 5.82 Å². The number of morpholine rings is 1. The molecule has 108 valence electrons. The maximum absolute atomic E-state index is 13.4. The Morgan fingerprint density at radius 2 is 2.05 bits per heavy atom. The topological polar surface area (TPSA) is 47.6 Å². The van der Waals surface area contributed by atoms with Crippen molar-refractivity contribution in [3.63, 3.8) is 0 Å².